The zero-order chi connectivity index (χ0) is 21.6. The molecule has 8 nitrogen and oxygen atoms in total. The highest BCUT2D eigenvalue weighted by molar-refractivity contribution is 5.90. The first-order valence-corrected chi connectivity index (χ1v) is 9.40. The van der Waals surface area contributed by atoms with Crippen LogP contribution in [0, 0.1) is 0 Å². The summed E-state index contributed by atoms with van der Waals surface area (Å²) in [7, 11) is 0. The lowest BCUT2D eigenvalue weighted by Crippen LogP contribution is -2.55. The molecule has 0 radical (unpaired) electrons. The zero-order valence-electron chi connectivity index (χ0n) is 16.8. The molecule has 0 spiro atoms. The summed E-state index contributed by atoms with van der Waals surface area (Å²) in [6.45, 7) is 10.6. The van der Waals surface area contributed by atoms with Crippen molar-refractivity contribution in [3.63, 3.8) is 0 Å². The van der Waals surface area contributed by atoms with E-state index in [0.29, 0.717) is 11.6 Å². The van der Waals surface area contributed by atoms with Crippen LogP contribution >= 0.6 is 0 Å². The van der Waals surface area contributed by atoms with Crippen molar-refractivity contribution in [1.82, 2.24) is 13.7 Å². The molecule has 0 aliphatic rings. The summed E-state index contributed by atoms with van der Waals surface area (Å²) in [4.78, 5) is 49.9. The molecule has 0 aliphatic heterocycles. The minimum atomic E-state index is -0.859. The molecule has 154 valence electrons. The molecule has 0 saturated heterocycles. The summed E-state index contributed by atoms with van der Waals surface area (Å²) in [6.07, 6.45) is 3.75. The SMILES string of the molecule is C=CCn1c(=O)n(CC=C)c(=O)n(CC(=O)Nc2ccc([C@H](C)CC)cc2)c1=O. The molecule has 2 rings (SSSR count). The Bertz CT molecular complexity index is 1030. The van der Waals surface area contributed by atoms with Crippen LogP contribution in [0.4, 0.5) is 5.69 Å². The number of benzene rings is 1. The van der Waals surface area contributed by atoms with Crippen LogP contribution in [0.2, 0.25) is 0 Å². The summed E-state index contributed by atoms with van der Waals surface area (Å²) in [5.74, 6) is -0.137. The van der Waals surface area contributed by atoms with Crippen molar-refractivity contribution in [2.45, 2.75) is 45.8 Å². The number of aromatic nitrogens is 3. The van der Waals surface area contributed by atoms with Crippen molar-refractivity contribution < 1.29 is 4.79 Å². The predicted molar refractivity (Wildman–Crippen MR) is 113 cm³/mol. The first kappa shape index (κ1) is 21.9. The number of amides is 1. The fourth-order valence-corrected chi connectivity index (χ4v) is 2.86. The van der Waals surface area contributed by atoms with Gasteiger partial charge >= 0.3 is 17.1 Å². The topological polar surface area (TPSA) is 95.1 Å². The lowest BCUT2D eigenvalue weighted by molar-refractivity contribution is -0.116. The maximum absolute atomic E-state index is 12.6. The first-order valence-electron chi connectivity index (χ1n) is 9.40. The molecule has 1 atom stereocenters. The van der Waals surface area contributed by atoms with Crippen LogP contribution in [0.15, 0.2) is 64.0 Å². The molecule has 1 N–H and O–H groups in total. The van der Waals surface area contributed by atoms with Gasteiger partial charge in [0, 0.05) is 5.69 Å². The number of allylic oxidation sites excluding steroid dienone is 2. The van der Waals surface area contributed by atoms with E-state index >= 15 is 0 Å². The van der Waals surface area contributed by atoms with Crippen molar-refractivity contribution in [3.05, 3.63) is 86.6 Å². The van der Waals surface area contributed by atoms with Crippen LogP contribution < -0.4 is 22.4 Å². The van der Waals surface area contributed by atoms with Gasteiger partial charge < -0.3 is 5.32 Å². The predicted octanol–water partition coefficient (Wildman–Crippen LogP) is 1.70. The van der Waals surface area contributed by atoms with E-state index in [4.69, 9.17) is 0 Å². The van der Waals surface area contributed by atoms with Gasteiger partial charge in [-0.1, -0.05) is 38.1 Å². The molecule has 1 aromatic carbocycles. The van der Waals surface area contributed by atoms with Crippen molar-refractivity contribution in [3.8, 4) is 0 Å². The normalized spacial score (nSPS) is 11.7. The molecule has 1 aromatic heterocycles. The number of carbonyl (C=O) groups excluding carboxylic acids is 1. The standard InChI is InChI=1S/C21H26N4O4/c1-5-12-23-19(27)24(13-6-2)21(29)25(20(23)28)14-18(26)22-17-10-8-16(9-11-17)15(4)7-3/h5-6,8-11,15H,1-2,7,12-14H2,3-4H3,(H,22,26)/t15-/m1/s1. The molecular weight excluding hydrogens is 372 g/mol. The number of anilines is 1. The fourth-order valence-electron chi connectivity index (χ4n) is 2.86. The van der Waals surface area contributed by atoms with Crippen LogP contribution in [0.5, 0.6) is 0 Å². The Hall–Kier alpha value is -3.42. The number of rotatable bonds is 9. The second kappa shape index (κ2) is 9.68. The number of nitrogens with one attached hydrogen (secondary N) is 1. The molecule has 0 aliphatic carbocycles. The molecule has 0 saturated carbocycles. The Balaban J connectivity index is 2.33. The Kier molecular flexibility index (Phi) is 7.30. The molecule has 8 heteroatoms. The number of hydrogen-bond donors (Lipinski definition) is 1. The van der Waals surface area contributed by atoms with Crippen molar-refractivity contribution >= 4 is 11.6 Å². The lowest BCUT2D eigenvalue weighted by Gasteiger charge is -2.13. The quantitative estimate of drug-likeness (QED) is 0.651. The molecule has 0 unspecified atom stereocenters. The van der Waals surface area contributed by atoms with Crippen LogP contribution in [0.25, 0.3) is 0 Å². The Morgan fingerprint density at radius 2 is 1.45 bits per heavy atom. The van der Waals surface area contributed by atoms with Gasteiger partial charge in [0.25, 0.3) is 0 Å². The second-order valence-corrected chi connectivity index (χ2v) is 6.71. The Morgan fingerprint density at radius 3 is 1.90 bits per heavy atom. The van der Waals surface area contributed by atoms with E-state index in [1.54, 1.807) is 12.1 Å². The van der Waals surface area contributed by atoms with E-state index in [1.807, 2.05) is 12.1 Å². The van der Waals surface area contributed by atoms with Gasteiger partial charge in [-0.15, -0.1) is 13.2 Å². The molecule has 0 bridgehead atoms. The van der Waals surface area contributed by atoms with Crippen LogP contribution in [0.3, 0.4) is 0 Å². The number of hydrogen-bond acceptors (Lipinski definition) is 4. The first-order chi connectivity index (χ1) is 13.8. The van der Waals surface area contributed by atoms with Crippen LogP contribution in [-0.4, -0.2) is 19.6 Å². The Labute approximate surface area is 168 Å². The smallest absolute Gasteiger partial charge is 0.325 e. The third-order valence-electron chi connectivity index (χ3n) is 4.69. The molecule has 0 fully saturated rings. The average Bonchev–Trinajstić information content (AvgIpc) is 2.71. The maximum atomic E-state index is 12.6. The largest absolute Gasteiger partial charge is 0.337 e. The third kappa shape index (κ3) is 4.90. The summed E-state index contributed by atoms with van der Waals surface area (Å²) >= 11 is 0. The van der Waals surface area contributed by atoms with E-state index in [2.05, 4.69) is 32.3 Å². The monoisotopic (exact) mass is 398 g/mol. The Morgan fingerprint density at radius 1 is 0.966 bits per heavy atom. The second-order valence-electron chi connectivity index (χ2n) is 6.71. The lowest BCUT2D eigenvalue weighted by atomic mass is 9.99. The summed E-state index contributed by atoms with van der Waals surface area (Å²) in [5, 5.41) is 2.67. The highest BCUT2D eigenvalue weighted by Crippen LogP contribution is 2.20. The van der Waals surface area contributed by atoms with E-state index < -0.39 is 29.5 Å². The van der Waals surface area contributed by atoms with Crippen molar-refractivity contribution in [2.24, 2.45) is 0 Å². The summed E-state index contributed by atoms with van der Waals surface area (Å²) in [6, 6.07) is 7.40. The molecule has 1 heterocycles. The number of carbonyl (C=O) groups is 1. The van der Waals surface area contributed by atoms with Crippen LogP contribution in [0.1, 0.15) is 31.7 Å². The molecule has 1 amide bonds. The molecular formula is C21H26N4O4. The molecule has 29 heavy (non-hydrogen) atoms. The van der Waals surface area contributed by atoms with Gasteiger partial charge in [-0.2, -0.15) is 0 Å². The van der Waals surface area contributed by atoms with Gasteiger partial charge in [0.05, 0.1) is 13.1 Å². The highest BCUT2D eigenvalue weighted by atomic mass is 16.2. The van der Waals surface area contributed by atoms with Gasteiger partial charge in [0.1, 0.15) is 6.54 Å². The maximum Gasteiger partial charge on any atom is 0.337 e. The van der Waals surface area contributed by atoms with Gasteiger partial charge in [-0.05, 0) is 30.0 Å². The molecule has 2 aromatic rings. The fraction of sp³-hybridized carbons (Fsp3) is 0.333. The van der Waals surface area contributed by atoms with Gasteiger partial charge in [0.2, 0.25) is 5.91 Å². The van der Waals surface area contributed by atoms with Crippen molar-refractivity contribution in [2.75, 3.05) is 5.32 Å². The minimum absolute atomic E-state index is 0.0756. The van der Waals surface area contributed by atoms with Crippen LogP contribution in [-0.2, 0) is 24.4 Å². The van der Waals surface area contributed by atoms with E-state index in [0.717, 1.165) is 25.7 Å². The van der Waals surface area contributed by atoms with E-state index in [1.165, 1.54) is 12.2 Å². The highest BCUT2D eigenvalue weighted by Gasteiger charge is 2.16. The number of nitrogens with zero attached hydrogens (tertiary/aromatic N) is 3. The van der Waals surface area contributed by atoms with Crippen molar-refractivity contribution in [1.29, 1.82) is 0 Å². The average molecular weight is 398 g/mol. The van der Waals surface area contributed by atoms with Gasteiger partial charge in [-0.3, -0.25) is 4.79 Å². The minimum Gasteiger partial charge on any atom is -0.325 e. The third-order valence-corrected chi connectivity index (χ3v) is 4.69. The van der Waals surface area contributed by atoms with E-state index in [9.17, 15) is 19.2 Å². The van der Waals surface area contributed by atoms with E-state index in [-0.39, 0.29) is 13.1 Å². The summed E-state index contributed by atoms with van der Waals surface area (Å²) < 4.78 is 2.44. The summed E-state index contributed by atoms with van der Waals surface area (Å²) in [5.41, 5.74) is -0.770. The van der Waals surface area contributed by atoms with Gasteiger partial charge in [0.15, 0.2) is 0 Å². The van der Waals surface area contributed by atoms with Gasteiger partial charge in [-0.25, -0.2) is 28.1 Å². The zero-order valence-corrected chi connectivity index (χ0v) is 16.8.